The molecule has 0 heterocycles. The molecule has 0 aromatic heterocycles. The highest BCUT2D eigenvalue weighted by atomic mass is 14.9. The maximum Gasteiger partial charge on any atom is 0.00951 e. The van der Waals surface area contributed by atoms with E-state index < -0.39 is 0 Å². The molecule has 0 spiro atoms. The predicted molar refractivity (Wildman–Crippen MR) is 84.1 cm³/mol. The van der Waals surface area contributed by atoms with Crippen LogP contribution in [0.25, 0.3) is 0 Å². The Bertz CT molecular complexity index is 156. The van der Waals surface area contributed by atoms with Crippen LogP contribution in [0.1, 0.15) is 91.9 Å². The second-order valence-corrected chi connectivity index (χ2v) is 5.68. The van der Waals surface area contributed by atoms with Gasteiger partial charge in [0, 0.05) is 6.04 Å². The Hall–Kier alpha value is -0.0400. The maximum absolute atomic E-state index is 3.73. The van der Waals surface area contributed by atoms with Gasteiger partial charge in [-0.1, -0.05) is 79.1 Å². The normalized spacial score (nSPS) is 14.7. The zero-order valence-electron chi connectivity index (χ0n) is 13.4. The molecule has 2 atom stereocenters. The van der Waals surface area contributed by atoms with Gasteiger partial charge in [0.2, 0.25) is 0 Å². The van der Waals surface area contributed by atoms with Crippen molar-refractivity contribution in [3.8, 4) is 0 Å². The van der Waals surface area contributed by atoms with Crippen LogP contribution in [0.2, 0.25) is 0 Å². The van der Waals surface area contributed by atoms with E-state index in [0.29, 0.717) is 0 Å². The molecule has 0 bridgehead atoms. The van der Waals surface area contributed by atoms with Crippen LogP contribution in [-0.2, 0) is 0 Å². The lowest BCUT2D eigenvalue weighted by Crippen LogP contribution is -2.36. The topological polar surface area (TPSA) is 12.0 Å². The minimum atomic E-state index is 0.771. The fraction of sp³-hybridized carbons (Fsp3) is 1.00. The first-order valence-corrected chi connectivity index (χ1v) is 8.53. The van der Waals surface area contributed by atoms with Crippen LogP contribution >= 0.6 is 0 Å². The molecule has 0 aliphatic carbocycles. The first-order chi connectivity index (χ1) is 8.79. The van der Waals surface area contributed by atoms with Gasteiger partial charge in [-0.05, 0) is 25.3 Å². The number of hydrogen-bond donors (Lipinski definition) is 1. The second kappa shape index (κ2) is 13.4. The lowest BCUT2D eigenvalue weighted by atomic mass is 9.88. The largest absolute Gasteiger partial charge is 0.314 e. The fourth-order valence-electron chi connectivity index (χ4n) is 2.89. The van der Waals surface area contributed by atoms with Crippen molar-refractivity contribution in [1.82, 2.24) is 5.32 Å². The van der Waals surface area contributed by atoms with Gasteiger partial charge in [-0.25, -0.2) is 0 Å². The van der Waals surface area contributed by atoms with E-state index in [1.807, 2.05) is 0 Å². The van der Waals surface area contributed by atoms with E-state index in [9.17, 15) is 0 Å². The molecular formula is C17H37N. The molecule has 0 rings (SSSR count). The summed E-state index contributed by atoms with van der Waals surface area (Å²) in [5.41, 5.74) is 0. The smallest absolute Gasteiger partial charge is 0.00951 e. The van der Waals surface area contributed by atoms with E-state index in [0.717, 1.165) is 18.5 Å². The Morgan fingerprint density at radius 2 is 1.39 bits per heavy atom. The lowest BCUT2D eigenvalue weighted by Gasteiger charge is -2.27. The van der Waals surface area contributed by atoms with Gasteiger partial charge in [-0.15, -0.1) is 0 Å². The highest BCUT2D eigenvalue weighted by molar-refractivity contribution is 4.75. The Labute approximate surface area is 116 Å². The van der Waals surface area contributed by atoms with Crippen LogP contribution < -0.4 is 5.32 Å². The zero-order valence-corrected chi connectivity index (χ0v) is 13.4. The van der Waals surface area contributed by atoms with Gasteiger partial charge in [0.05, 0.1) is 0 Å². The average molecular weight is 255 g/mol. The number of unbranched alkanes of at least 4 members (excludes halogenated alkanes) is 5. The molecule has 0 aromatic carbocycles. The van der Waals surface area contributed by atoms with Crippen molar-refractivity contribution in [2.45, 2.75) is 97.9 Å². The highest BCUT2D eigenvalue weighted by Crippen LogP contribution is 2.21. The van der Waals surface area contributed by atoms with Gasteiger partial charge in [0.1, 0.15) is 0 Å². The van der Waals surface area contributed by atoms with Gasteiger partial charge >= 0.3 is 0 Å². The molecule has 0 saturated carbocycles. The predicted octanol–water partition coefficient (Wildman–Crippen LogP) is 5.54. The van der Waals surface area contributed by atoms with Crippen molar-refractivity contribution in [2.24, 2.45) is 5.92 Å². The first-order valence-electron chi connectivity index (χ1n) is 8.53. The highest BCUT2D eigenvalue weighted by Gasteiger charge is 2.17. The van der Waals surface area contributed by atoms with Crippen molar-refractivity contribution in [1.29, 1.82) is 0 Å². The summed E-state index contributed by atoms with van der Waals surface area (Å²) in [6.45, 7) is 10.3. The first kappa shape index (κ1) is 18.0. The summed E-state index contributed by atoms with van der Waals surface area (Å²) in [5.74, 6) is 0.899. The molecule has 0 aromatic rings. The average Bonchev–Trinajstić information content (AvgIpc) is 2.39. The Morgan fingerprint density at radius 3 is 1.94 bits per heavy atom. The van der Waals surface area contributed by atoms with Crippen molar-refractivity contribution >= 4 is 0 Å². The third kappa shape index (κ3) is 8.97. The molecule has 0 radical (unpaired) electrons. The van der Waals surface area contributed by atoms with Crippen LogP contribution in [0.15, 0.2) is 0 Å². The van der Waals surface area contributed by atoms with Crippen LogP contribution in [0.3, 0.4) is 0 Å². The standard InChI is InChI=1S/C17H37N/c1-5-9-11-12-13-15-17(18-8-4)16(7-3)14-10-6-2/h16-18H,5-15H2,1-4H3. The van der Waals surface area contributed by atoms with Crippen LogP contribution in [-0.4, -0.2) is 12.6 Å². The molecule has 1 nitrogen and oxygen atoms in total. The summed E-state index contributed by atoms with van der Waals surface area (Å²) in [4.78, 5) is 0. The number of rotatable bonds is 13. The van der Waals surface area contributed by atoms with Gasteiger partial charge in [-0.3, -0.25) is 0 Å². The fourth-order valence-corrected chi connectivity index (χ4v) is 2.89. The zero-order chi connectivity index (χ0) is 13.6. The molecule has 1 heteroatoms. The SMILES string of the molecule is CCCCCCCC(NCC)C(CC)CCCC. The van der Waals surface area contributed by atoms with Gasteiger partial charge in [0.25, 0.3) is 0 Å². The molecule has 0 aliphatic rings. The molecule has 0 amide bonds. The molecule has 2 unspecified atom stereocenters. The maximum atomic E-state index is 3.73. The van der Waals surface area contributed by atoms with E-state index >= 15 is 0 Å². The van der Waals surface area contributed by atoms with Crippen LogP contribution in [0.5, 0.6) is 0 Å². The molecular weight excluding hydrogens is 218 g/mol. The minimum Gasteiger partial charge on any atom is -0.314 e. The van der Waals surface area contributed by atoms with E-state index in [1.54, 1.807) is 0 Å². The Morgan fingerprint density at radius 1 is 0.722 bits per heavy atom. The summed E-state index contributed by atoms with van der Waals surface area (Å²) < 4.78 is 0. The molecule has 1 N–H and O–H groups in total. The molecule has 0 saturated heterocycles. The monoisotopic (exact) mass is 255 g/mol. The Kier molecular flexibility index (Phi) is 13.4. The molecule has 110 valence electrons. The van der Waals surface area contributed by atoms with Crippen LogP contribution in [0.4, 0.5) is 0 Å². The van der Waals surface area contributed by atoms with E-state index in [2.05, 4.69) is 33.0 Å². The minimum absolute atomic E-state index is 0.771. The third-order valence-corrected chi connectivity index (χ3v) is 4.11. The lowest BCUT2D eigenvalue weighted by molar-refractivity contribution is 0.299. The van der Waals surface area contributed by atoms with E-state index in [-0.39, 0.29) is 0 Å². The Balaban J connectivity index is 3.92. The van der Waals surface area contributed by atoms with Gasteiger partial charge in [0.15, 0.2) is 0 Å². The summed E-state index contributed by atoms with van der Waals surface area (Å²) in [5, 5.41) is 3.73. The molecule has 0 aliphatic heterocycles. The van der Waals surface area contributed by atoms with E-state index in [1.165, 1.54) is 64.2 Å². The molecule has 18 heavy (non-hydrogen) atoms. The van der Waals surface area contributed by atoms with E-state index in [4.69, 9.17) is 0 Å². The van der Waals surface area contributed by atoms with Gasteiger partial charge < -0.3 is 5.32 Å². The van der Waals surface area contributed by atoms with Crippen molar-refractivity contribution in [2.75, 3.05) is 6.54 Å². The summed E-state index contributed by atoms with van der Waals surface area (Å²) in [6, 6.07) is 0.771. The van der Waals surface area contributed by atoms with Crippen molar-refractivity contribution < 1.29 is 0 Å². The quantitative estimate of drug-likeness (QED) is 0.426. The second-order valence-electron chi connectivity index (χ2n) is 5.68. The molecule has 0 fully saturated rings. The summed E-state index contributed by atoms with van der Waals surface area (Å²) in [7, 11) is 0. The van der Waals surface area contributed by atoms with Crippen molar-refractivity contribution in [3.05, 3.63) is 0 Å². The van der Waals surface area contributed by atoms with Crippen LogP contribution in [0, 0.1) is 5.92 Å². The third-order valence-electron chi connectivity index (χ3n) is 4.11. The number of nitrogens with one attached hydrogen (secondary N) is 1. The summed E-state index contributed by atoms with van der Waals surface area (Å²) >= 11 is 0. The number of hydrogen-bond acceptors (Lipinski definition) is 1. The van der Waals surface area contributed by atoms with Crippen molar-refractivity contribution in [3.63, 3.8) is 0 Å². The summed E-state index contributed by atoms with van der Waals surface area (Å²) in [6.07, 6.45) is 13.9. The van der Waals surface area contributed by atoms with Gasteiger partial charge in [-0.2, -0.15) is 0 Å².